The lowest BCUT2D eigenvalue weighted by atomic mass is 10.2. The number of amides is 3. The van der Waals surface area contributed by atoms with E-state index in [-0.39, 0.29) is 6.61 Å². The van der Waals surface area contributed by atoms with Crippen molar-refractivity contribution in [3.8, 4) is 5.75 Å². The molecule has 0 aliphatic carbocycles. The zero-order valence-corrected chi connectivity index (χ0v) is 10.2. The van der Waals surface area contributed by atoms with Crippen LogP contribution in [0.3, 0.4) is 0 Å². The van der Waals surface area contributed by atoms with E-state index in [0.717, 1.165) is 18.7 Å². The lowest BCUT2D eigenvalue weighted by molar-refractivity contribution is -0.121. The summed E-state index contributed by atoms with van der Waals surface area (Å²) in [4.78, 5) is 21.5. The highest BCUT2D eigenvalue weighted by Gasteiger charge is 2.04. The largest absolute Gasteiger partial charge is 0.484 e. The summed E-state index contributed by atoms with van der Waals surface area (Å²) in [5.74, 6) is -0.00547. The van der Waals surface area contributed by atoms with Crippen molar-refractivity contribution in [2.24, 2.45) is 5.73 Å². The van der Waals surface area contributed by atoms with E-state index < -0.39 is 11.9 Å². The van der Waals surface area contributed by atoms with Crippen LogP contribution in [0, 0.1) is 0 Å². The van der Waals surface area contributed by atoms with Crippen LogP contribution in [0.4, 0.5) is 4.79 Å². The van der Waals surface area contributed by atoms with E-state index in [1.165, 1.54) is 0 Å². The normalized spacial score (nSPS) is 9.83. The van der Waals surface area contributed by atoms with Gasteiger partial charge in [0.25, 0.3) is 5.91 Å². The van der Waals surface area contributed by atoms with Crippen LogP contribution < -0.4 is 21.1 Å². The summed E-state index contributed by atoms with van der Waals surface area (Å²) < 4.78 is 5.19. The standard InChI is InChI=1S/C12H17N3O3/c1-2-14-7-9-3-5-10(6-4-9)18-8-11(16)15-12(13)17/h3-6,14H,2,7-8H2,1H3,(H3,13,15,16,17). The molecule has 0 spiro atoms. The highest BCUT2D eigenvalue weighted by molar-refractivity contribution is 5.94. The molecular formula is C12H17N3O3. The molecule has 1 aromatic carbocycles. The zero-order valence-electron chi connectivity index (χ0n) is 10.2. The van der Waals surface area contributed by atoms with Gasteiger partial charge in [-0.2, -0.15) is 0 Å². The summed E-state index contributed by atoms with van der Waals surface area (Å²) in [6.45, 7) is 3.49. The van der Waals surface area contributed by atoms with Gasteiger partial charge in [0, 0.05) is 6.54 Å². The second-order valence-corrected chi connectivity index (χ2v) is 3.63. The predicted octanol–water partition coefficient (Wildman–Crippen LogP) is 0.370. The summed E-state index contributed by atoms with van der Waals surface area (Å²) in [5, 5.41) is 5.12. The minimum atomic E-state index is -0.885. The SMILES string of the molecule is CCNCc1ccc(OCC(=O)NC(N)=O)cc1. The van der Waals surface area contributed by atoms with Gasteiger partial charge in [0.2, 0.25) is 0 Å². The van der Waals surface area contributed by atoms with Crippen molar-refractivity contribution in [1.29, 1.82) is 0 Å². The van der Waals surface area contributed by atoms with E-state index in [9.17, 15) is 9.59 Å². The number of rotatable bonds is 6. The number of nitrogens with one attached hydrogen (secondary N) is 2. The number of primary amides is 1. The van der Waals surface area contributed by atoms with Crippen molar-refractivity contribution >= 4 is 11.9 Å². The fraction of sp³-hybridized carbons (Fsp3) is 0.333. The third-order valence-electron chi connectivity index (χ3n) is 2.14. The molecule has 6 heteroatoms. The molecular weight excluding hydrogens is 234 g/mol. The molecule has 1 aromatic rings. The monoisotopic (exact) mass is 251 g/mol. The first-order chi connectivity index (χ1) is 8.61. The van der Waals surface area contributed by atoms with Crippen molar-refractivity contribution in [2.45, 2.75) is 13.5 Å². The third kappa shape index (κ3) is 5.31. The number of urea groups is 1. The van der Waals surface area contributed by atoms with Crippen LogP contribution in [0.5, 0.6) is 5.75 Å². The van der Waals surface area contributed by atoms with Gasteiger partial charge in [-0.15, -0.1) is 0 Å². The average Bonchev–Trinajstić information content (AvgIpc) is 2.34. The van der Waals surface area contributed by atoms with Crippen molar-refractivity contribution in [2.75, 3.05) is 13.2 Å². The number of carbonyl (C=O) groups excluding carboxylic acids is 2. The number of hydrogen-bond donors (Lipinski definition) is 3. The lowest BCUT2D eigenvalue weighted by Gasteiger charge is -2.07. The maximum Gasteiger partial charge on any atom is 0.318 e. The van der Waals surface area contributed by atoms with Crippen LogP contribution in [-0.2, 0) is 11.3 Å². The Bertz CT molecular complexity index is 404. The molecule has 0 fully saturated rings. The molecule has 0 saturated carbocycles. The molecule has 3 amide bonds. The molecule has 98 valence electrons. The van der Waals surface area contributed by atoms with E-state index in [1.807, 2.05) is 24.4 Å². The Morgan fingerprint density at radius 2 is 1.94 bits per heavy atom. The first kappa shape index (κ1) is 14.0. The molecule has 6 nitrogen and oxygen atoms in total. The van der Waals surface area contributed by atoms with E-state index in [0.29, 0.717) is 5.75 Å². The summed E-state index contributed by atoms with van der Waals surface area (Å²) in [6, 6.07) is 6.46. The second-order valence-electron chi connectivity index (χ2n) is 3.63. The molecule has 0 heterocycles. The second kappa shape index (κ2) is 7.29. The van der Waals surface area contributed by atoms with Crippen LogP contribution >= 0.6 is 0 Å². The Balaban J connectivity index is 2.39. The van der Waals surface area contributed by atoms with Crippen molar-refractivity contribution in [3.63, 3.8) is 0 Å². The fourth-order valence-corrected chi connectivity index (χ4v) is 1.30. The van der Waals surface area contributed by atoms with E-state index in [2.05, 4.69) is 5.32 Å². The number of hydrogen-bond acceptors (Lipinski definition) is 4. The van der Waals surface area contributed by atoms with Gasteiger partial charge in [0.15, 0.2) is 6.61 Å². The van der Waals surface area contributed by atoms with E-state index in [4.69, 9.17) is 10.5 Å². The topological polar surface area (TPSA) is 93.4 Å². The molecule has 4 N–H and O–H groups in total. The van der Waals surface area contributed by atoms with Crippen LogP contribution in [0.15, 0.2) is 24.3 Å². The van der Waals surface area contributed by atoms with E-state index >= 15 is 0 Å². The Hall–Kier alpha value is -2.08. The molecule has 0 unspecified atom stereocenters. The molecule has 0 saturated heterocycles. The summed E-state index contributed by atoms with van der Waals surface area (Å²) in [5.41, 5.74) is 5.93. The molecule has 0 radical (unpaired) electrons. The summed E-state index contributed by atoms with van der Waals surface area (Å²) in [7, 11) is 0. The molecule has 0 bridgehead atoms. The minimum Gasteiger partial charge on any atom is -0.484 e. The summed E-state index contributed by atoms with van der Waals surface area (Å²) >= 11 is 0. The van der Waals surface area contributed by atoms with Gasteiger partial charge in [-0.3, -0.25) is 10.1 Å². The Morgan fingerprint density at radius 1 is 1.28 bits per heavy atom. The van der Waals surface area contributed by atoms with Gasteiger partial charge in [0.05, 0.1) is 0 Å². The first-order valence-electron chi connectivity index (χ1n) is 5.63. The van der Waals surface area contributed by atoms with Gasteiger partial charge >= 0.3 is 6.03 Å². The molecule has 0 aliphatic rings. The molecule has 0 aromatic heterocycles. The summed E-state index contributed by atoms with van der Waals surface area (Å²) in [6.07, 6.45) is 0. The van der Waals surface area contributed by atoms with Crippen molar-refractivity contribution < 1.29 is 14.3 Å². The number of nitrogens with two attached hydrogens (primary N) is 1. The third-order valence-corrected chi connectivity index (χ3v) is 2.14. The average molecular weight is 251 g/mol. The van der Waals surface area contributed by atoms with Crippen molar-refractivity contribution in [3.05, 3.63) is 29.8 Å². The number of benzene rings is 1. The van der Waals surface area contributed by atoms with Crippen LogP contribution in [0.2, 0.25) is 0 Å². The highest BCUT2D eigenvalue weighted by Crippen LogP contribution is 2.11. The Morgan fingerprint density at radius 3 is 2.50 bits per heavy atom. The highest BCUT2D eigenvalue weighted by atomic mass is 16.5. The molecule has 18 heavy (non-hydrogen) atoms. The zero-order chi connectivity index (χ0) is 13.4. The maximum atomic E-state index is 11.1. The van der Waals surface area contributed by atoms with Crippen molar-refractivity contribution in [1.82, 2.24) is 10.6 Å². The first-order valence-corrected chi connectivity index (χ1v) is 5.63. The maximum absolute atomic E-state index is 11.1. The van der Waals surface area contributed by atoms with Gasteiger partial charge in [-0.1, -0.05) is 19.1 Å². The van der Waals surface area contributed by atoms with Crippen LogP contribution in [-0.4, -0.2) is 25.1 Å². The fourth-order valence-electron chi connectivity index (χ4n) is 1.30. The lowest BCUT2D eigenvalue weighted by Crippen LogP contribution is -2.38. The number of ether oxygens (including phenoxy) is 1. The smallest absolute Gasteiger partial charge is 0.318 e. The van der Waals surface area contributed by atoms with Crippen LogP contribution in [0.25, 0.3) is 0 Å². The quantitative estimate of drug-likeness (QED) is 0.681. The van der Waals surface area contributed by atoms with E-state index in [1.54, 1.807) is 12.1 Å². The van der Waals surface area contributed by atoms with Gasteiger partial charge in [0.1, 0.15) is 5.75 Å². The van der Waals surface area contributed by atoms with Gasteiger partial charge < -0.3 is 15.8 Å². The number of carbonyl (C=O) groups is 2. The van der Waals surface area contributed by atoms with Gasteiger partial charge in [-0.25, -0.2) is 4.79 Å². The minimum absolute atomic E-state index is 0.241. The predicted molar refractivity (Wildman–Crippen MR) is 67.0 cm³/mol. The molecule has 0 aliphatic heterocycles. The Labute approximate surface area is 105 Å². The van der Waals surface area contributed by atoms with Gasteiger partial charge in [-0.05, 0) is 24.2 Å². The number of imide groups is 1. The van der Waals surface area contributed by atoms with Crippen LogP contribution in [0.1, 0.15) is 12.5 Å². The Kier molecular flexibility index (Phi) is 5.66. The molecule has 1 rings (SSSR count). The molecule has 0 atom stereocenters.